The first kappa shape index (κ1) is 42.7. The summed E-state index contributed by atoms with van der Waals surface area (Å²) in [6.45, 7) is 8.07. The second-order valence-corrected chi connectivity index (χ2v) is 18.9. The standard InChI is InChI=1S/C38H47F4N4O8S2/c1-24(2)53-34-29(37(48)46(5)20-18-44(19-21-46)31-13-12-28(22-30(31)39)55(6,49)50)23-32(56(7,51)52)35(54-25(3)4)33(34)36(47)45-16-14-43(15-17-45)27-10-8-26(9-11-27)38(40,41)42/h8-13,22-25H,14-21H2,1-7H3/q+1. The number of amides is 2. The van der Waals surface area contributed by atoms with E-state index in [1.165, 1.54) is 35.2 Å². The number of piperazine rings is 2. The summed E-state index contributed by atoms with van der Waals surface area (Å²) in [4.78, 5) is 33.8. The molecule has 306 valence electrons. The van der Waals surface area contributed by atoms with E-state index < -0.39 is 61.3 Å². The minimum Gasteiger partial charge on any atom is -0.489 e. The molecule has 12 nitrogen and oxygen atoms in total. The van der Waals surface area contributed by atoms with E-state index in [1.54, 1.807) is 39.6 Å². The van der Waals surface area contributed by atoms with Gasteiger partial charge in [0, 0.05) is 44.4 Å². The Morgan fingerprint density at radius 1 is 0.750 bits per heavy atom. The zero-order valence-electron chi connectivity index (χ0n) is 32.3. The van der Waals surface area contributed by atoms with Crippen LogP contribution in [-0.2, 0) is 25.9 Å². The Labute approximate surface area is 325 Å². The van der Waals surface area contributed by atoms with Crippen LogP contribution in [0.1, 0.15) is 54.0 Å². The van der Waals surface area contributed by atoms with Crippen molar-refractivity contribution in [2.24, 2.45) is 0 Å². The molecule has 2 aliphatic heterocycles. The fourth-order valence-electron chi connectivity index (χ4n) is 6.77. The summed E-state index contributed by atoms with van der Waals surface area (Å²) in [5, 5.41) is 0. The summed E-state index contributed by atoms with van der Waals surface area (Å²) in [5.74, 6) is -2.33. The van der Waals surface area contributed by atoms with Gasteiger partial charge >= 0.3 is 12.1 Å². The molecular formula is C38H47F4N4O8S2+. The average Bonchev–Trinajstić information content (AvgIpc) is 3.10. The first-order valence-electron chi connectivity index (χ1n) is 18.0. The van der Waals surface area contributed by atoms with Gasteiger partial charge in [-0.05, 0) is 76.2 Å². The fraction of sp³-hybridized carbons (Fsp3) is 0.474. The predicted octanol–water partition coefficient (Wildman–Crippen LogP) is 5.30. The molecule has 0 unspecified atom stereocenters. The molecule has 0 bridgehead atoms. The Morgan fingerprint density at radius 3 is 1.79 bits per heavy atom. The maximum atomic E-state index is 15.1. The van der Waals surface area contributed by atoms with Crippen molar-refractivity contribution in [3.8, 4) is 11.5 Å². The van der Waals surface area contributed by atoms with Crippen LogP contribution in [0.25, 0.3) is 0 Å². The normalized spacial score (nSPS) is 16.7. The summed E-state index contributed by atoms with van der Waals surface area (Å²) >= 11 is 0. The molecule has 3 aromatic carbocycles. The van der Waals surface area contributed by atoms with E-state index in [2.05, 4.69) is 0 Å². The van der Waals surface area contributed by atoms with Crippen molar-refractivity contribution in [1.82, 2.24) is 4.90 Å². The molecule has 0 N–H and O–H groups in total. The second-order valence-electron chi connectivity index (χ2n) is 14.9. The fourth-order valence-corrected chi connectivity index (χ4v) is 8.22. The summed E-state index contributed by atoms with van der Waals surface area (Å²) in [5.41, 5.74) is -0.465. The number of benzene rings is 3. The van der Waals surface area contributed by atoms with Crippen molar-refractivity contribution >= 4 is 42.9 Å². The Kier molecular flexibility index (Phi) is 12.1. The van der Waals surface area contributed by atoms with Gasteiger partial charge in [0.05, 0.1) is 48.5 Å². The zero-order valence-corrected chi connectivity index (χ0v) is 33.9. The van der Waals surface area contributed by atoms with Crippen LogP contribution in [0.4, 0.5) is 28.9 Å². The van der Waals surface area contributed by atoms with Crippen LogP contribution >= 0.6 is 0 Å². The van der Waals surface area contributed by atoms with Gasteiger partial charge in [-0.1, -0.05) is 0 Å². The number of ether oxygens (including phenoxy) is 2. The highest BCUT2D eigenvalue weighted by molar-refractivity contribution is 7.91. The number of rotatable bonds is 10. The van der Waals surface area contributed by atoms with Crippen LogP contribution in [-0.4, -0.2) is 122 Å². The Hall–Kier alpha value is -4.42. The van der Waals surface area contributed by atoms with Crippen LogP contribution in [0.15, 0.2) is 58.3 Å². The number of nitrogens with zero attached hydrogens (tertiary/aromatic N) is 4. The Bertz CT molecular complexity index is 2200. The van der Waals surface area contributed by atoms with Crippen LogP contribution in [0.3, 0.4) is 0 Å². The van der Waals surface area contributed by atoms with E-state index in [0.29, 0.717) is 5.69 Å². The molecule has 2 saturated heterocycles. The molecule has 0 atom stereocenters. The molecule has 5 rings (SSSR count). The number of carbonyl (C=O) groups excluding carboxylic acids is 2. The number of anilines is 2. The van der Waals surface area contributed by atoms with Gasteiger partial charge in [0.25, 0.3) is 5.91 Å². The molecule has 2 amide bonds. The van der Waals surface area contributed by atoms with Gasteiger partial charge in [0.2, 0.25) is 0 Å². The van der Waals surface area contributed by atoms with Gasteiger partial charge in [-0.3, -0.25) is 9.28 Å². The third-order valence-electron chi connectivity index (χ3n) is 9.78. The smallest absolute Gasteiger partial charge is 0.416 e. The number of sulfone groups is 2. The number of hydrogen-bond acceptors (Lipinski definition) is 10. The average molecular weight is 828 g/mol. The van der Waals surface area contributed by atoms with Gasteiger partial charge in [-0.2, -0.15) is 13.2 Å². The Balaban J connectivity index is 1.52. The van der Waals surface area contributed by atoms with E-state index in [1.807, 2.05) is 4.90 Å². The predicted molar refractivity (Wildman–Crippen MR) is 203 cm³/mol. The minimum absolute atomic E-state index is 0.111. The number of alkyl halides is 3. The monoisotopic (exact) mass is 827 g/mol. The van der Waals surface area contributed by atoms with Gasteiger partial charge in [-0.25, -0.2) is 26.0 Å². The van der Waals surface area contributed by atoms with Crippen LogP contribution < -0.4 is 19.3 Å². The first-order chi connectivity index (χ1) is 25.9. The first-order valence-corrected chi connectivity index (χ1v) is 21.8. The summed E-state index contributed by atoms with van der Waals surface area (Å²) in [6.07, 6.45) is -3.74. The van der Waals surface area contributed by atoms with E-state index >= 15 is 4.39 Å². The molecule has 18 heteroatoms. The van der Waals surface area contributed by atoms with E-state index in [9.17, 15) is 39.6 Å². The molecular weight excluding hydrogens is 781 g/mol. The van der Waals surface area contributed by atoms with Crippen LogP contribution in [0.5, 0.6) is 11.5 Å². The molecule has 56 heavy (non-hydrogen) atoms. The van der Waals surface area contributed by atoms with Gasteiger partial charge in [-0.15, -0.1) is 0 Å². The van der Waals surface area contributed by atoms with Crippen LogP contribution in [0, 0.1) is 5.82 Å². The zero-order chi connectivity index (χ0) is 41.5. The molecule has 2 fully saturated rings. The quantitative estimate of drug-likeness (QED) is 0.196. The number of quaternary nitrogens is 1. The summed E-state index contributed by atoms with van der Waals surface area (Å²) in [6, 6.07) is 9.55. The number of carbonyl (C=O) groups is 2. The van der Waals surface area contributed by atoms with Gasteiger partial charge in [0.15, 0.2) is 31.2 Å². The van der Waals surface area contributed by atoms with Crippen molar-refractivity contribution in [2.75, 3.05) is 81.7 Å². The highest BCUT2D eigenvalue weighted by Crippen LogP contribution is 2.42. The summed E-state index contributed by atoms with van der Waals surface area (Å²) < 4.78 is 117. The lowest BCUT2D eigenvalue weighted by atomic mass is 10.0. The number of halogens is 4. The Morgan fingerprint density at radius 2 is 1.30 bits per heavy atom. The largest absolute Gasteiger partial charge is 0.489 e. The lowest BCUT2D eigenvalue weighted by molar-refractivity contribution is -0.829. The molecule has 0 aliphatic carbocycles. The molecule has 2 aliphatic rings. The van der Waals surface area contributed by atoms with Crippen molar-refractivity contribution in [3.05, 3.63) is 71.0 Å². The lowest BCUT2D eigenvalue weighted by Gasteiger charge is -2.41. The highest BCUT2D eigenvalue weighted by Gasteiger charge is 2.43. The van der Waals surface area contributed by atoms with Crippen molar-refractivity contribution in [3.63, 3.8) is 0 Å². The topological polar surface area (TPSA) is 131 Å². The van der Waals surface area contributed by atoms with Crippen molar-refractivity contribution in [1.29, 1.82) is 0 Å². The molecule has 0 aromatic heterocycles. The third-order valence-corrected chi connectivity index (χ3v) is 12.0. The molecule has 0 spiro atoms. The molecule has 3 aromatic rings. The SMILES string of the molecule is CC(C)Oc1c(C(=O)[N+]2(C)CCN(c3ccc(S(C)(=O)=O)cc3F)CC2)cc(S(C)(=O)=O)c(OC(C)C)c1C(=O)N1CCN(c2ccc(C(F)(F)F)cc2)CC1. The van der Waals surface area contributed by atoms with Crippen molar-refractivity contribution in [2.45, 2.75) is 55.9 Å². The van der Waals surface area contributed by atoms with Crippen molar-refractivity contribution < 1.29 is 57.9 Å². The maximum Gasteiger partial charge on any atom is 0.416 e. The minimum atomic E-state index is -4.49. The van der Waals surface area contributed by atoms with Crippen LogP contribution in [0.2, 0.25) is 0 Å². The lowest BCUT2D eigenvalue weighted by Crippen LogP contribution is -2.60. The van der Waals surface area contributed by atoms with Gasteiger partial charge in [0.1, 0.15) is 34.9 Å². The maximum absolute atomic E-state index is 15.1. The highest BCUT2D eigenvalue weighted by atomic mass is 32.2. The van der Waals surface area contributed by atoms with E-state index in [0.717, 1.165) is 30.7 Å². The third kappa shape index (κ3) is 9.23. The molecule has 2 heterocycles. The summed E-state index contributed by atoms with van der Waals surface area (Å²) in [7, 11) is -6.11. The molecule has 0 saturated carbocycles. The van der Waals surface area contributed by atoms with E-state index in [-0.39, 0.29) is 94.9 Å². The second kappa shape index (κ2) is 15.8. The number of likely N-dealkylation sites (N-methyl/N-ethyl adjacent to an activating group) is 1. The van der Waals surface area contributed by atoms with E-state index in [4.69, 9.17) is 9.47 Å². The van der Waals surface area contributed by atoms with Gasteiger partial charge < -0.3 is 24.2 Å². The molecule has 0 radical (unpaired) electrons. The number of hydrogen-bond donors (Lipinski definition) is 0.